The van der Waals surface area contributed by atoms with Crippen LogP contribution in [0.25, 0.3) is 0 Å². The standard InChI is InChI=1S/C26H30N2O6/c1-17-14-22(30)25(32)26(34-17)20(18-10-11-21(29)23(15-18)33-3)16-24(31)27-12-7-13-28(2)19-8-5-4-6-9-19/h4-6,8-11,14-15,20,29,32H,7,12-13,16H2,1-3H3,(H,27,31). The zero-order valence-electron chi connectivity index (χ0n) is 19.6. The zero-order valence-corrected chi connectivity index (χ0v) is 19.6. The second-order valence-corrected chi connectivity index (χ2v) is 8.08. The lowest BCUT2D eigenvalue weighted by Crippen LogP contribution is -2.29. The van der Waals surface area contributed by atoms with Crippen LogP contribution in [0.3, 0.4) is 0 Å². The summed E-state index contributed by atoms with van der Waals surface area (Å²) >= 11 is 0. The van der Waals surface area contributed by atoms with Crippen LogP contribution < -0.4 is 20.4 Å². The highest BCUT2D eigenvalue weighted by Gasteiger charge is 2.26. The van der Waals surface area contributed by atoms with E-state index in [1.807, 2.05) is 37.4 Å². The van der Waals surface area contributed by atoms with Gasteiger partial charge in [-0.2, -0.15) is 0 Å². The van der Waals surface area contributed by atoms with Crippen LogP contribution in [0, 0.1) is 6.92 Å². The number of ether oxygens (including phenoxy) is 1. The Morgan fingerprint density at radius 1 is 1.15 bits per heavy atom. The van der Waals surface area contributed by atoms with E-state index in [9.17, 15) is 19.8 Å². The molecule has 0 spiro atoms. The lowest BCUT2D eigenvalue weighted by molar-refractivity contribution is -0.121. The monoisotopic (exact) mass is 466 g/mol. The van der Waals surface area contributed by atoms with E-state index in [1.54, 1.807) is 19.1 Å². The van der Waals surface area contributed by atoms with Gasteiger partial charge in [0.15, 0.2) is 17.3 Å². The summed E-state index contributed by atoms with van der Waals surface area (Å²) < 4.78 is 10.9. The number of anilines is 1. The minimum Gasteiger partial charge on any atom is -0.504 e. The number of carbonyl (C=O) groups excluding carboxylic acids is 1. The van der Waals surface area contributed by atoms with Gasteiger partial charge in [-0.3, -0.25) is 9.59 Å². The van der Waals surface area contributed by atoms with Gasteiger partial charge in [0.05, 0.1) is 13.0 Å². The molecule has 3 N–H and O–H groups in total. The Morgan fingerprint density at radius 3 is 2.59 bits per heavy atom. The molecule has 8 nitrogen and oxygen atoms in total. The molecule has 1 unspecified atom stereocenters. The number of phenols is 1. The maximum absolute atomic E-state index is 12.8. The van der Waals surface area contributed by atoms with E-state index < -0.39 is 17.1 Å². The van der Waals surface area contributed by atoms with Crippen molar-refractivity contribution in [3.05, 3.63) is 81.9 Å². The van der Waals surface area contributed by atoms with Crippen LogP contribution in [-0.2, 0) is 4.79 Å². The first kappa shape index (κ1) is 24.7. The number of aromatic hydroxyl groups is 2. The largest absolute Gasteiger partial charge is 0.504 e. The number of hydrogen-bond donors (Lipinski definition) is 3. The van der Waals surface area contributed by atoms with Gasteiger partial charge >= 0.3 is 0 Å². The molecule has 0 aliphatic heterocycles. The molecular formula is C26H30N2O6. The smallest absolute Gasteiger partial charge is 0.227 e. The minimum atomic E-state index is -0.755. The van der Waals surface area contributed by atoms with Crippen molar-refractivity contribution in [1.29, 1.82) is 0 Å². The predicted octanol–water partition coefficient (Wildman–Crippen LogP) is 3.53. The molecule has 8 heteroatoms. The second-order valence-electron chi connectivity index (χ2n) is 8.08. The number of phenolic OH excluding ortho intramolecular Hbond substituents is 1. The molecule has 0 saturated carbocycles. The van der Waals surface area contributed by atoms with Gasteiger partial charge in [0.2, 0.25) is 17.1 Å². The van der Waals surface area contributed by atoms with Gasteiger partial charge in [0, 0.05) is 38.3 Å². The fourth-order valence-electron chi connectivity index (χ4n) is 3.75. The SMILES string of the molecule is COc1cc(C(CC(=O)NCCCN(C)c2ccccc2)c2oc(C)cc(=O)c2O)ccc1O. The van der Waals surface area contributed by atoms with Gasteiger partial charge < -0.3 is 29.6 Å². The molecule has 3 rings (SSSR count). The molecule has 0 saturated heterocycles. The molecule has 0 aliphatic rings. The summed E-state index contributed by atoms with van der Waals surface area (Å²) in [6.45, 7) is 2.82. The topological polar surface area (TPSA) is 112 Å². The first-order valence-corrected chi connectivity index (χ1v) is 11.0. The quantitative estimate of drug-likeness (QED) is 0.392. The van der Waals surface area contributed by atoms with Crippen molar-refractivity contribution in [1.82, 2.24) is 5.32 Å². The van der Waals surface area contributed by atoms with E-state index in [-0.39, 0.29) is 29.6 Å². The molecule has 1 amide bonds. The molecule has 2 aromatic carbocycles. The number of rotatable bonds is 10. The number of nitrogens with zero attached hydrogens (tertiary/aromatic N) is 1. The molecule has 34 heavy (non-hydrogen) atoms. The fraction of sp³-hybridized carbons (Fsp3) is 0.308. The van der Waals surface area contributed by atoms with Crippen molar-refractivity contribution in [2.75, 3.05) is 32.1 Å². The van der Waals surface area contributed by atoms with E-state index in [0.717, 1.165) is 18.7 Å². The lowest BCUT2D eigenvalue weighted by atomic mass is 9.91. The van der Waals surface area contributed by atoms with Gasteiger partial charge in [0.25, 0.3) is 0 Å². The highest BCUT2D eigenvalue weighted by atomic mass is 16.5. The fourth-order valence-corrected chi connectivity index (χ4v) is 3.75. The molecule has 0 bridgehead atoms. The third-order valence-corrected chi connectivity index (χ3v) is 5.57. The number of hydrogen-bond acceptors (Lipinski definition) is 7. The van der Waals surface area contributed by atoms with Crippen LogP contribution in [0.2, 0.25) is 0 Å². The van der Waals surface area contributed by atoms with E-state index >= 15 is 0 Å². The Labute approximate surface area is 198 Å². The number of amides is 1. The maximum atomic E-state index is 12.8. The Kier molecular flexibility index (Phi) is 8.19. The van der Waals surface area contributed by atoms with Crippen LogP contribution in [0.5, 0.6) is 17.2 Å². The normalized spacial score (nSPS) is 11.6. The maximum Gasteiger partial charge on any atom is 0.227 e. The summed E-state index contributed by atoms with van der Waals surface area (Å²) in [5.74, 6) is -1.10. The average molecular weight is 467 g/mol. The lowest BCUT2D eigenvalue weighted by Gasteiger charge is -2.20. The van der Waals surface area contributed by atoms with Crippen LogP contribution in [0.15, 0.2) is 63.8 Å². The number of aryl methyl sites for hydroxylation is 1. The second kappa shape index (κ2) is 11.3. The molecule has 180 valence electrons. The molecule has 1 atom stereocenters. The van der Waals surface area contributed by atoms with E-state index in [1.165, 1.54) is 19.2 Å². The Balaban J connectivity index is 1.73. The van der Waals surface area contributed by atoms with Gasteiger partial charge in [-0.25, -0.2) is 0 Å². The molecule has 0 radical (unpaired) electrons. The highest BCUT2D eigenvalue weighted by Crippen LogP contribution is 2.37. The van der Waals surface area contributed by atoms with Crippen LogP contribution >= 0.6 is 0 Å². The number of benzene rings is 2. The van der Waals surface area contributed by atoms with E-state index in [0.29, 0.717) is 17.9 Å². The van der Waals surface area contributed by atoms with Gasteiger partial charge in [-0.1, -0.05) is 24.3 Å². The summed E-state index contributed by atoms with van der Waals surface area (Å²) in [5.41, 5.74) is 1.07. The molecule has 0 fully saturated rings. The third-order valence-electron chi connectivity index (χ3n) is 5.57. The summed E-state index contributed by atoms with van der Waals surface area (Å²) in [7, 11) is 3.41. The van der Waals surface area contributed by atoms with Crippen molar-refractivity contribution < 1.29 is 24.2 Å². The minimum absolute atomic E-state index is 0.00305. The van der Waals surface area contributed by atoms with Gasteiger partial charge in [0.1, 0.15) is 5.76 Å². The predicted molar refractivity (Wildman–Crippen MR) is 130 cm³/mol. The molecule has 1 aromatic heterocycles. The van der Waals surface area contributed by atoms with Crippen LogP contribution in [0.4, 0.5) is 5.69 Å². The molecule has 1 heterocycles. The Morgan fingerprint density at radius 2 is 1.88 bits per heavy atom. The summed E-state index contributed by atoms with van der Waals surface area (Å²) in [6.07, 6.45) is 0.669. The van der Waals surface area contributed by atoms with E-state index in [4.69, 9.17) is 9.15 Å². The van der Waals surface area contributed by atoms with Gasteiger partial charge in [-0.05, 0) is 43.2 Å². The summed E-state index contributed by atoms with van der Waals surface area (Å²) in [4.78, 5) is 27.1. The van der Waals surface area contributed by atoms with Crippen molar-refractivity contribution in [2.45, 2.75) is 25.7 Å². The third kappa shape index (κ3) is 6.10. The van der Waals surface area contributed by atoms with Crippen molar-refractivity contribution in [3.63, 3.8) is 0 Å². The Bertz CT molecular complexity index is 1180. The molecule has 3 aromatic rings. The molecule has 0 aliphatic carbocycles. The van der Waals surface area contributed by atoms with Crippen molar-refractivity contribution >= 4 is 11.6 Å². The number of para-hydroxylation sites is 1. The first-order chi connectivity index (χ1) is 16.3. The van der Waals surface area contributed by atoms with Crippen LogP contribution in [-0.4, -0.2) is 43.4 Å². The highest BCUT2D eigenvalue weighted by molar-refractivity contribution is 5.77. The van der Waals surface area contributed by atoms with Crippen LogP contribution in [0.1, 0.15) is 35.8 Å². The number of methoxy groups -OCH3 is 1. The van der Waals surface area contributed by atoms with E-state index in [2.05, 4.69) is 10.2 Å². The Hall–Kier alpha value is -3.94. The number of carbonyl (C=O) groups is 1. The molecular weight excluding hydrogens is 436 g/mol. The number of nitrogens with one attached hydrogen (secondary N) is 1. The summed E-state index contributed by atoms with van der Waals surface area (Å²) in [5, 5.41) is 23.3. The van der Waals surface area contributed by atoms with Crippen molar-refractivity contribution in [3.8, 4) is 17.2 Å². The first-order valence-electron chi connectivity index (χ1n) is 11.0. The van der Waals surface area contributed by atoms with Crippen molar-refractivity contribution in [2.24, 2.45) is 0 Å². The average Bonchev–Trinajstić information content (AvgIpc) is 2.83. The summed E-state index contributed by atoms with van der Waals surface area (Å²) in [6, 6.07) is 15.8. The zero-order chi connectivity index (χ0) is 24.7. The van der Waals surface area contributed by atoms with Gasteiger partial charge in [-0.15, -0.1) is 0 Å².